The molecule has 0 aliphatic rings. The number of hydrogen-bond acceptors (Lipinski definition) is 3. The number of methoxy groups -OCH3 is 1. The van der Waals surface area contributed by atoms with Gasteiger partial charge in [0.2, 0.25) is 0 Å². The molecule has 0 saturated heterocycles. The minimum absolute atomic E-state index is 0.126. The molecule has 0 aliphatic carbocycles. The average Bonchev–Trinajstić information content (AvgIpc) is 2.41. The van der Waals surface area contributed by atoms with Crippen LogP contribution in [0.4, 0.5) is 10.1 Å². The van der Waals surface area contributed by atoms with E-state index in [2.05, 4.69) is 4.72 Å². The van der Waals surface area contributed by atoms with Gasteiger partial charge in [-0.05, 0) is 31.2 Å². The highest BCUT2D eigenvalue weighted by Gasteiger charge is 2.16. The third-order valence-electron chi connectivity index (χ3n) is 2.74. The van der Waals surface area contributed by atoms with Gasteiger partial charge in [0.05, 0.1) is 17.7 Å². The second-order valence-electron chi connectivity index (χ2n) is 4.26. The molecule has 6 heteroatoms. The number of rotatable bonds is 4. The summed E-state index contributed by atoms with van der Waals surface area (Å²) in [6.07, 6.45) is 0. The normalized spacial score (nSPS) is 11.2. The maximum atomic E-state index is 13.1. The van der Waals surface area contributed by atoms with E-state index in [0.717, 1.165) is 17.7 Å². The van der Waals surface area contributed by atoms with Crippen molar-refractivity contribution in [2.75, 3.05) is 11.8 Å². The van der Waals surface area contributed by atoms with Gasteiger partial charge < -0.3 is 4.74 Å². The van der Waals surface area contributed by atoms with Crippen LogP contribution in [-0.4, -0.2) is 15.5 Å². The van der Waals surface area contributed by atoms with E-state index in [4.69, 9.17) is 4.74 Å². The fraction of sp³-hybridized carbons (Fsp3) is 0.143. The van der Waals surface area contributed by atoms with Crippen LogP contribution >= 0.6 is 0 Å². The third kappa shape index (κ3) is 3.08. The van der Waals surface area contributed by atoms with Crippen molar-refractivity contribution in [2.24, 2.45) is 0 Å². The summed E-state index contributed by atoms with van der Waals surface area (Å²) in [5.41, 5.74) is 1.15. The minimum Gasteiger partial charge on any atom is -0.494 e. The first-order valence-corrected chi connectivity index (χ1v) is 7.34. The maximum absolute atomic E-state index is 13.1. The number of halogens is 1. The lowest BCUT2D eigenvalue weighted by atomic mass is 10.2. The summed E-state index contributed by atoms with van der Waals surface area (Å²) in [6, 6.07) is 10.0. The molecule has 0 heterocycles. The average molecular weight is 295 g/mol. The zero-order chi connectivity index (χ0) is 14.8. The summed E-state index contributed by atoms with van der Waals surface area (Å²) in [4.78, 5) is 0.134. The highest BCUT2D eigenvalue weighted by molar-refractivity contribution is 7.92. The molecular formula is C14H14FNO3S. The lowest BCUT2D eigenvalue weighted by Gasteiger charge is -2.12. The Morgan fingerprint density at radius 1 is 1.10 bits per heavy atom. The Morgan fingerprint density at radius 2 is 1.75 bits per heavy atom. The van der Waals surface area contributed by atoms with Crippen LogP contribution in [0.25, 0.3) is 0 Å². The first-order chi connectivity index (χ1) is 9.42. The van der Waals surface area contributed by atoms with E-state index in [0.29, 0.717) is 0 Å². The molecule has 0 radical (unpaired) electrons. The molecule has 2 aromatic rings. The number of hydrogen-bond donors (Lipinski definition) is 1. The lowest BCUT2D eigenvalue weighted by Crippen LogP contribution is -2.13. The van der Waals surface area contributed by atoms with Gasteiger partial charge in [-0.25, -0.2) is 12.8 Å². The first-order valence-electron chi connectivity index (χ1n) is 5.85. The quantitative estimate of drug-likeness (QED) is 0.943. The van der Waals surface area contributed by atoms with Crippen molar-refractivity contribution in [3.05, 3.63) is 53.8 Å². The summed E-state index contributed by atoms with van der Waals surface area (Å²) in [5.74, 6) is -0.374. The zero-order valence-corrected chi connectivity index (χ0v) is 11.9. The summed E-state index contributed by atoms with van der Waals surface area (Å²) >= 11 is 0. The molecule has 0 amide bonds. The van der Waals surface area contributed by atoms with Crippen LogP contribution in [0.3, 0.4) is 0 Å². The van der Waals surface area contributed by atoms with E-state index < -0.39 is 15.8 Å². The molecule has 0 aliphatic heterocycles. The molecule has 2 aromatic carbocycles. The molecule has 0 bridgehead atoms. The van der Waals surface area contributed by atoms with Gasteiger partial charge in [0.1, 0.15) is 11.6 Å². The Balaban J connectivity index is 2.35. The topological polar surface area (TPSA) is 55.4 Å². The predicted octanol–water partition coefficient (Wildman–Crippen LogP) is 2.94. The van der Waals surface area contributed by atoms with Gasteiger partial charge in [-0.3, -0.25) is 4.72 Å². The molecule has 0 aromatic heterocycles. The SMILES string of the molecule is COc1cc(F)ccc1NS(=O)(=O)c1ccc(C)cc1. The van der Waals surface area contributed by atoms with Crippen molar-refractivity contribution >= 4 is 15.7 Å². The summed E-state index contributed by atoms with van der Waals surface area (Å²) in [7, 11) is -2.38. The van der Waals surface area contributed by atoms with E-state index in [-0.39, 0.29) is 16.3 Å². The number of aryl methyl sites for hydroxylation is 1. The van der Waals surface area contributed by atoms with Gasteiger partial charge >= 0.3 is 0 Å². The number of ether oxygens (including phenoxy) is 1. The molecule has 4 nitrogen and oxygen atoms in total. The van der Waals surface area contributed by atoms with Gasteiger partial charge in [-0.15, -0.1) is 0 Å². The van der Waals surface area contributed by atoms with Gasteiger partial charge in [0.15, 0.2) is 0 Å². The fourth-order valence-corrected chi connectivity index (χ4v) is 2.74. The summed E-state index contributed by atoms with van der Waals surface area (Å²) in [5, 5.41) is 0. The van der Waals surface area contributed by atoms with Crippen LogP contribution in [0.15, 0.2) is 47.4 Å². The van der Waals surface area contributed by atoms with Crippen LogP contribution in [0.5, 0.6) is 5.75 Å². The van der Waals surface area contributed by atoms with Crippen LogP contribution in [0, 0.1) is 12.7 Å². The second kappa shape index (κ2) is 5.50. The second-order valence-corrected chi connectivity index (χ2v) is 5.95. The Kier molecular flexibility index (Phi) is 3.94. The number of anilines is 1. The highest BCUT2D eigenvalue weighted by atomic mass is 32.2. The van der Waals surface area contributed by atoms with Gasteiger partial charge in [-0.1, -0.05) is 17.7 Å². The smallest absolute Gasteiger partial charge is 0.262 e. The molecule has 0 fully saturated rings. The number of sulfonamides is 1. The minimum atomic E-state index is -3.73. The molecule has 20 heavy (non-hydrogen) atoms. The van der Waals surface area contributed by atoms with Crippen molar-refractivity contribution in [3.8, 4) is 5.75 Å². The van der Waals surface area contributed by atoms with Crippen LogP contribution in [0.1, 0.15) is 5.56 Å². The van der Waals surface area contributed by atoms with Crippen LogP contribution < -0.4 is 9.46 Å². The van der Waals surface area contributed by atoms with Gasteiger partial charge in [0, 0.05) is 6.07 Å². The fourth-order valence-electron chi connectivity index (χ4n) is 1.67. The Hall–Kier alpha value is -2.08. The molecule has 0 atom stereocenters. The van der Waals surface area contributed by atoms with Crippen molar-refractivity contribution in [2.45, 2.75) is 11.8 Å². The number of nitrogens with one attached hydrogen (secondary N) is 1. The maximum Gasteiger partial charge on any atom is 0.262 e. The van der Waals surface area contributed by atoms with Gasteiger partial charge in [-0.2, -0.15) is 0 Å². The van der Waals surface area contributed by atoms with Crippen molar-refractivity contribution in [3.63, 3.8) is 0 Å². The predicted molar refractivity (Wildman–Crippen MR) is 74.9 cm³/mol. The molecule has 0 unspecified atom stereocenters. The Labute approximate surface area is 117 Å². The highest BCUT2D eigenvalue weighted by Crippen LogP contribution is 2.27. The van der Waals surface area contributed by atoms with Gasteiger partial charge in [0.25, 0.3) is 10.0 Å². The van der Waals surface area contributed by atoms with E-state index >= 15 is 0 Å². The molecular weight excluding hydrogens is 281 g/mol. The molecule has 1 N–H and O–H groups in total. The summed E-state index contributed by atoms with van der Waals surface area (Å²) in [6.45, 7) is 1.87. The Morgan fingerprint density at radius 3 is 2.35 bits per heavy atom. The zero-order valence-electron chi connectivity index (χ0n) is 11.1. The molecule has 106 valence electrons. The first kappa shape index (κ1) is 14.3. The largest absolute Gasteiger partial charge is 0.494 e. The van der Waals surface area contributed by atoms with Crippen molar-refractivity contribution < 1.29 is 17.5 Å². The monoisotopic (exact) mass is 295 g/mol. The van der Waals surface area contributed by atoms with E-state index in [1.54, 1.807) is 12.1 Å². The lowest BCUT2D eigenvalue weighted by molar-refractivity contribution is 0.413. The van der Waals surface area contributed by atoms with Crippen LogP contribution in [-0.2, 0) is 10.0 Å². The third-order valence-corrected chi connectivity index (χ3v) is 4.12. The van der Waals surface area contributed by atoms with Crippen LogP contribution in [0.2, 0.25) is 0 Å². The molecule has 0 saturated carbocycles. The van der Waals surface area contributed by atoms with Crippen molar-refractivity contribution in [1.29, 1.82) is 0 Å². The molecule has 0 spiro atoms. The Bertz CT molecular complexity index is 712. The standard InChI is InChI=1S/C14H14FNO3S/c1-10-3-6-12(7-4-10)20(17,18)16-13-8-5-11(15)9-14(13)19-2/h3-9,16H,1-2H3. The van der Waals surface area contributed by atoms with E-state index in [9.17, 15) is 12.8 Å². The summed E-state index contributed by atoms with van der Waals surface area (Å²) < 4.78 is 44.8. The molecule has 2 rings (SSSR count). The number of benzene rings is 2. The van der Waals surface area contributed by atoms with E-state index in [1.807, 2.05) is 6.92 Å². The van der Waals surface area contributed by atoms with Crippen molar-refractivity contribution in [1.82, 2.24) is 0 Å². The van der Waals surface area contributed by atoms with E-state index in [1.165, 1.54) is 25.3 Å².